The zero-order chi connectivity index (χ0) is 10.7. The Morgan fingerprint density at radius 1 is 1.29 bits per heavy atom. The molecular formula is C11H16N2S. The molecule has 0 bridgehead atoms. The van der Waals surface area contributed by atoms with E-state index in [1.165, 1.54) is 22.9 Å². The summed E-state index contributed by atoms with van der Waals surface area (Å²) in [5.41, 5.74) is 3.57. The average Bonchev–Trinajstić information content (AvgIpc) is 2.16. The number of benzene rings is 1. The Morgan fingerprint density at radius 3 is 2.21 bits per heavy atom. The van der Waals surface area contributed by atoms with Gasteiger partial charge in [-0.1, -0.05) is 30.0 Å². The first-order valence-electron chi connectivity index (χ1n) is 4.50. The van der Waals surface area contributed by atoms with Gasteiger partial charge in [-0.3, -0.25) is 5.41 Å². The van der Waals surface area contributed by atoms with E-state index in [1.54, 1.807) is 0 Å². The van der Waals surface area contributed by atoms with Gasteiger partial charge < -0.3 is 4.90 Å². The summed E-state index contributed by atoms with van der Waals surface area (Å²) >= 11 is 1.45. The highest BCUT2D eigenvalue weighted by molar-refractivity contribution is 8.13. The molecule has 0 aliphatic heterocycles. The number of rotatable bonds is 1. The van der Waals surface area contributed by atoms with Gasteiger partial charge in [-0.05, 0) is 31.2 Å². The minimum Gasteiger partial charge on any atom is -0.324 e. The van der Waals surface area contributed by atoms with E-state index >= 15 is 0 Å². The van der Waals surface area contributed by atoms with Crippen LogP contribution in [-0.2, 0) is 0 Å². The van der Waals surface area contributed by atoms with Gasteiger partial charge in [-0.2, -0.15) is 0 Å². The SMILES string of the molecule is CSC(=N)N(C)c1c(C)cccc1C. The predicted octanol–water partition coefficient (Wildman–Crippen LogP) is 3.04. The molecule has 0 aromatic heterocycles. The number of aryl methyl sites for hydroxylation is 2. The first-order chi connectivity index (χ1) is 6.57. The number of hydrogen-bond donors (Lipinski definition) is 1. The minimum absolute atomic E-state index is 0.572. The van der Waals surface area contributed by atoms with Crippen molar-refractivity contribution >= 4 is 22.6 Å². The Labute approximate surface area is 89.8 Å². The molecule has 0 fully saturated rings. The van der Waals surface area contributed by atoms with E-state index in [4.69, 9.17) is 5.41 Å². The molecule has 0 atom stereocenters. The van der Waals surface area contributed by atoms with Crippen molar-refractivity contribution in [1.29, 1.82) is 5.41 Å². The number of para-hydroxylation sites is 1. The first-order valence-corrected chi connectivity index (χ1v) is 5.73. The monoisotopic (exact) mass is 208 g/mol. The zero-order valence-corrected chi connectivity index (χ0v) is 9.90. The molecule has 1 aromatic carbocycles. The maximum Gasteiger partial charge on any atom is 0.160 e. The summed E-state index contributed by atoms with van der Waals surface area (Å²) in [6.07, 6.45) is 1.92. The number of hydrogen-bond acceptors (Lipinski definition) is 2. The van der Waals surface area contributed by atoms with Crippen LogP contribution in [0.2, 0.25) is 0 Å². The van der Waals surface area contributed by atoms with E-state index in [-0.39, 0.29) is 0 Å². The van der Waals surface area contributed by atoms with Gasteiger partial charge in [0.2, 0.25) is 0 Å². The first kappa shape index (κ1) is 11.1. The van der Waals surface area contributed by atoms with Gasteiger partial charge >= 0.3 is 0 Å². The highest BCUT2D eigenvalue weighted by Gasteiger charge is 2.10. The molecule has 0 saturated heterocycles. The molecule has 3 heteroatoms. The average molecular weight is 208 g/mol. The minimum atomic E-state index is 0.572. The van der Waals surface area contributed by atoms with Gasteiger partial charge in [0.05, 0.1) is 0 Å². The van der Waals surface area contributed by atoms with E-state index in [0.29, 0.717) is 5.17 Å². The van der Waals surface area contributed by atoms with Crippen molar-refractivity contribution in [2.24, 2.45) is 0 Å². The molecule has 1 N–H and O–H groups in total. The van der Waals surface area contributed by atoms with Crippen LogP contribution in [0, 0.1) is 19.3 Å². The Morgan fingerprint density at radius 2 is 1.79 bits per heavy atom. The molecule has 0 unspecified atom stereocenters. The van der Waals surface area contributed by atoms with Gasteiger partial charge in [-0.25, -0.2) is 0 Å². The van der Waals surface area contributed by atoms with Crippen LogP contribution in [0.15, 0.2) is 18.2 Å². The van der Waals surface area contributed by atoms with Crippen molar-refractivity contribution in [2.45, 2.75) is 13.8 Å². The molecule has 0 saturated carbocycles. The summed E-state index contributed by atoms with van der Waals surface area (Å²) < 4.78 is 0. The molecular weight excluding hydrogens is 192 g/mol. The lowest BCUT2D eigenvalue weighted by atomic mass is 10.1. The molecule has 2 nitrogen and oxygen atoms in total. The van der Waals surface area contributed by atoms with Crippen molar-refractivity contribution in [3.05, 3.63) is 29.3 Å². The third kappa shape index (κ3) is 2.10. The van der Waals surface area contributed by atoms with Crippen molar-refractivity contribution in [3.8, 4) is 0 Å². The van der Waals surface area contributed by atoms with E-state index < -0.39 is 0 Å². The van der Waals surface area contributed by atoms with Gasteiger partial charge in [-0.15, -0.1) is 0 Å². The maximum atomic E-state index is 7.76. The fraction of sp³-hybridized carbons (Fsp3) is 0.364. The Balaban J connectivity index is 3.11. The summed E-state index contributed by atoms with van der Waals surface area (Å²) in [5, 5.41) is 8.33. The van der Waals surface area contributed by atoms with Crippen LogP contribution in [0.5, 0.6) is 0 Å². The lowest BCUT2D eigenvalue weighted by Gasteiger charge is -2.22. The summed E-state index contributed by atoms with van der Waals surface area (Å²) in [6.45, 7) is 4.15. The van der Waals surface area contributed by atoms with Crippen LogP contribution >= 0.6 is 11.8 Å². The highest BCUT2D eigenvalue weighted by Crippen LogP contribution is 2.24. The number of amidine groups is 1. The number of thioether (sulfide) groups is 1. The Kier molecular flexibility index (Phi) is 3.58. The predicted molar refractivity (Wildman–Crippen MR) is 65.6 cm³/mol. The summed E-state index contributed by atoms with van der Waals surface area (Å²) in [4.78, 5) is 1.93. The fourth-order valence-corrected chi connectivity index (χ4v) is 1.94. The number of nitrogens with zero attached hydrogens (tertiary/aromatic N) is 1. The number of nitrogens with one attached hydrogen (secondary N) is 1. The lowest BCUT2D eigenvalue weighted by Crippen LogP contribution is -2.23. The summed E-state index contributed by atoms with van der Waals surface area (Å²) in [7, 11) is 1.94. The van der Waals surface area contributed by atoms with Crippen LogP contribution < -0.4 is 4.90 Å². The summed E-state index contributed by atoms with van der Waals surface area (Å²) in [5.74, 6) is 0. The van der Waals surface area contributed by atoms with Crippen molar-refractivity contribution < 1.29 is 0 Å². The normalized spacial score (nSPS) is 10.0. The molecule has 0 aliphatic carbocycles. The van der Waals surface area contributed by atoms with Gasteiger partial charge in [0.25, 0.3) is 0 Å². The van der Waals surface area contributed by atoms with E-state index in [2.05, 4.69) is 26.0 Å². The topological polar surface area (TPSA) is 27.1 Å². The van der Waals surface area contributed by atoms with Crippen LogP contribution in [0.1, 0.15) is 11.1 Å². The van der Waals surface area contributed by atoms with Crippen LogP contribution in [0.4, 0.5) is 5.69 Å². The van der Waals surface area contributed by atoms with E-state index in [1.807, 2.05) is 24.3 Å². The molecule has 0 radical (unpaired) electrons. The molecule has 0 spiro atoms. The molecule has 1 rings (SSSR count). The summed E-state index contributed by atoms with van der Waals surface area (Å²) in [6, 6.07) is 6.20. The molecule has 1 aromatic rings. The quantitative estimate of drug-likeness (QED) is 0.567. The van der Waals surface area contributed by atoms with Crippen molar-refractivity contribution in [3.63, 3.8) is 0 Å². The Hall–Kier alpha value is -0.960. The number of anilines is 1. The zero-order valence-electron chi connectivity index (χ0n) is 9.09. The van der Waals surface area contributed by atoms with Crippen molar-refractivity contribution in [1.82, 2.24) is 0 Å². The van der Waals surface area contributed by atoms with E-state index in [0.717, 1.165) is 5.69 Å². The third-order valence-electron chi connectivity index (χ3n) is 2.27. The van der Waals surface area contributed by atoms with Crippen molar-refractivity contribution in [2.75, 3.05) is 18.2 Å². The molecule has 0 heterocycles. The van der Waals surface area contributed by atoms with Crippen LogP contribution in [0.25, 0.3) is 0 Å². The fourth-order valence-electron chi connectivity index (χ4n) is 1.57. The molecule has 76 valence electrons. The van der Waals surface area contributed by atoms with E-state index in [9.17, 15) is 0 Å². The molecule has 0 aliphatic rings. The highest BCUT2D eigenvalue weighted by atomic mass is 32.2. The van der Waals surface area contributed by atoms with Crippen LogP contribution in [0.3, 0.4) is 0 Å². The van der Waals surface area contributed by atoms with Gasteiger partial charge in [0.1, 0.15) is 0 Å². The molecule has 14 heavy (non-hydrogen) atoms. The second-order valence-electron chi connectivity index (χ2n) is 3.31. The lowest BCUT2D eigenvalue weighted by molar-refractivity contribution is 1.20. The van der Waals surface area contributed by atoms with Gasteiger partial charge in [0.15, 0.2) is 5.17 Å². The van der Waals surface area contributed by atoms with Gasteiger partial charge in [0, 0.05) is 12.7 Å². The molecule has 0 amide bonds. The standard InChI is InChI=1S/C11H16N2S/c1-8-6-5-7-9(2)10(8)13(3)11(12)14-4/h5-7,12H,1-4H3. The Bertz CT molecular complexity index is 327. The maximum absolute atomic E-state index is 7.76. The second-order valence-corrected chi connectivity index (χ2v) is 4.10. The smallest absolute Gasteiger partial charge is 0.160 e. The third-order valence-corrected chi connectivity index (χ3v) is 2.93. The second kappa shape index (κ2) is 4.51. The van der Waals surface area contributed by atoms with Crippen LogP contribution in [-0.4, -0.2) is 18.5 Å². The largest absolute Gasteiger partial charge is 0.324 e.